The zero-order valence-corrected chi connectivity index (χ0v) is 16.6. The minimum absolute atomic E-state index is 0.0645. The summed E-state index contributed by atoms with van der Waals surface area (Å²) in [6, 6.07) is 5.32. The summed E-state index contributed by atoms with van der Waals surface area (Å²) in [5.41, 5.74) is 0.954. The molecule has 1 aliphatic carbocycles. The molecule has 1 saturated carbocycles. The van der Waals surface area contributed by atoms with Crippen molar-refractivity contribution >= 4 is 35.2 Å². The second-order valence-corrected chi connectivity index (χ2v) is 8.49. The second kappa shape index (κ2) is 8.78. The lowest BCUT2D eigenvalue weighted by Gasteiger charge is -2.33. The molecule has 0 radical (unpaired) electrons. The van der Waals surface area contributed by atoms with Crippen molar-refractivity contribution in [3.05, 3.63) is 23.8 Å². The van der Waals surface area contributed by atoms with Gasteiger partial charge in [-0.1, -0.05) is 6.92 Å². The fraction of sp³-hybridized carbons (Fsp3) is 0.550. The van der Waals surface area contributed by atoms with Crippen LogP contribution in [0.2, 0.25) is 0 Å². The standard InChI is InChI=1S/C20H26N2O4S/c1-13-3-6-15(7-4-13)22(2)19(24)12-26-20(25)14-5-8-17-16(11-14)21-18(23)9-10-27-17/h5,8,11,13,15H,3-4,6-7,9-10,12H2,1-2H3,(H,21,23). The molecule has 1 aromatic rings. The zero-order valence-electron chi connectivity index (χ0n) is 15.8. The first kappa shape index (κ1) is 19.7. The molecule has 1 aliphatic heterocycles. The lowest BCUT2D eigenvalue weighted by Crippen LogP contribution is -2.41. The maximum absolute atomic E-state index is 12.4. The van der Waals surface area contributed by atoms with Gasteiger partial charge in [0.15, 0.2) is 6.61 Å². The van der Waals surface area contributed by atoms with E-state index in [0.29, 0.717) is 23.4 Å². The highest BCUT2D eigenvalue weighted by molar-refractivity contribution is 7.99. The molecule has 1 fully saturated rings. The number of thioether (sulfide) groups is 1. The summed E-state index contributed by atoms with van der Waals surface area (Å²) in [7, 11) is 1.78. The number of hydrogen-bond acceptors (Lipinski definition) is 5. The van der Waals surface area contributed by atoms with E-state index in [1.54, 1.807) is 41.9 Å². The molecule has 1 N–H and O–H groups in total. The molecule has 1 heterocycles. The molecule has 0 saturated heterocycles. The van der Waals surface area contributed by atoms with Gasteiger partial charge in [0, 0.05) is 30.2 Å². The van der Waals surface area contributed by atoms with E-state index < -0.39 is 5.97 Å². The van der Waals surface area contributed by atoms with Gasteiger partial charge < -0.3 is 15.0 Å². The van der Waals surface area contributed by atoms with Gasteiger partial charge in [-0.05, 0) is 49.8 Å². The summed E-state index contributed by atoms with van der Waals surface area (Å²) in [6.45, 7) is 1.97. The third kappa shape index (κ3) is 5.03. The highest BCUT2D eigenvalue weighted by Crippen LogP contribution is 2.31. The normalized spacial score (nSPS) is 22.2. The summed E-state index contributed by atoms with van der Waals surface area (Å²) in [5.74, 6) is 0.630. The number of benzene rings is 1. The molecule has 3 rings (SSSR count). The third-order valence-electron chi connectivity index (χ3n) is 5.33. The Morgan fingerprint density at radius 3 is 2.74 bits per heavy atom. The number of esters is 1. The van der Waals surface area contributed by atoms with Crippen LogP contribution in [0.4, 0.5) is 5.69 Å². The molecule has 2 amide bonds. The van der Waals surface area contributed by atoms with Crippen molar-refractivity contribution in [2.24, 2.45) is 5.92 Å². The first-order chi connectivity index (χ1) is 12.9. The first-order valence-electron chi connectivity index (χ1n) is 9.43. The number of ether oxygens (including phenoxy) is 1. The van der Waals surface area contributed by atoms with Gasteiger partial charge in [0.2, 0.25) is 5.91 Å². The first-order valence-corrected chi connectivity index (χ1v) is 10.4. The molecule has 27 heavy (non-hydrogen) atoms. The molecule has 0 bridgehead atoms. The Labute approximate surface area is 164 Å². The van der Waals surface area contributed by atoms with Gasteiger partial charge >= 0.3 is 5.97 Å². The maximum atomic E-state index is 12.4. The van der Waals surface area contributed by atoms with E-state index in [9.17, 15) is 14.4 Å². The van der Waals surface area contributed by atoms with Crippen LogP contribution in [0.3, 0.4) is 0 Å². The summed E-state index contributed by atoms with van der Waals surface area (Å²) >= 11 is 1.58. The van der Waals surface area contributed by atoms with Crippen LogP contribution in [0.5, 0.6) is 0 Å². The molecular formula is C20H26N2O4S. The van der Waals surface area contributed by atoms with Gasteiger partial charge in [0.05, 0.1) is 11.3 Å². The van der Waals surface area contributed by atoms with E-state index >= 15 is 0 Å². The Balaban J connectivity index is 1.56. The predicted molar refractivity (Wildman–Crippen MR) is 105 cm³/mol. The van der Waals surface area contributed by atoms with Gasteiger partial charge in [0.25, 0.3) is 5.91 Å². The molecule has 1 aromatic carbocycles. The Morgan fingerprint density at radius 2 is 2.00 bits per heavy atom. The molecule has 0 aromatic heterocycles. The minimum Gasteiger partial charge on any atom is -0.452 e. The Morgan fingerprint density at radius 1 is 1.26 bits per heavy atom. The quantitative estimate of drug-likeness (QED) is 0.798. The highest BCUT2D eigenvalue weighted by Gasteiger charge is 2.25. The minimum atomic E-state index is -0.555. The fourth-order valence-electron chi connectivity index (χ4n) is 3.49. The smallest absolute Gasteiger partial charge is 0.338 e. The number of likely N-dealkylation sites (N-methyl/N-ethyl adjacent to an activating group) is 1. The van der Waals surface area contributed by atoms with E-state index in [4.69, 9.17) is 4.74 Å². The summed E-state index contributed by atoms with van der Waals surface area (Å²) in [5, 5.41) is 2.80. The van der Waals surface area contributed by atoms with Crippen molar-refractivity contribution in [1.29, 1.82) is 0 Å². The van der Waals surface area contributed by atoms with E-state index in [1.165, 1.54) is 0 Å². The number of anilines is 1. The molecule has 6 nitrogen and oxygen atoms in total. The molecule has 0 atom stereocenters. The number of amides is 2. The molecule has 0 spiro atoms. The summed E-state index contributed by atoms with van der Waals surface area (Å²) in [6.07, 6.45) is 4.70. The number of carbonyl (C=O) groups is 3. The van der Waals surface area contributed by atoms with Gasteiger partial charge in [-0.25, -0.2) is 4.79 Å². The van der Waals surface area contributed by atoms with Crippen molar-refractivity contribution in [2.75, 3.05) is 24.7 Å². The third-order valence-corrected chi connectivity index (χ3v) is 6.40. The number of hydrogen-bond donors (Lipinski definition) is 1. The monoisotopic (exact) mass is 390 g/mol. The van der Waals surface area contributed by atoms with Crippen LogP contribution >= 0.6 is 11.8 Å². The lowest BCUT2D eigenvalue weighted by atomic mass is 9.87. The largest absolute Gasteiger partial charge is 0.452 e. The SMILES string of the molecule is CC1CCC(N(C)C(=O)COC(=O)c2ccc3c(c2)NC(=O)CCS3)CC1. The average Bonchev–Trinajstić information content (AvgIpc) is 2.85. The lowest BCUT2D eigenvalue weighted by molar-refractivity contribution is -0.136. The predicted octanol–water partition coefficient (Wildman–Crippen LogP) is 3.31. The number of nitrogens with one attached hydrogen (secondary N) is 1. The zero-order chi connectivity index (χ0) is 19.4. The topological polar surface area (TPSA) is 75.7 Å². The van der Waals surface area contributed by atoms with E-state index in [2.05, 4.69) is 12.2 Å². The van der Waals surface area contributed by atoms with Gasteiger partial charge in [0.1, 0.15) is 0 Å². The van der Waals surface area contributed by atoms with E-state index in [1.807, 2.05) is 0 Å². The molecule has 146 valence electrons. The summed E-state index contributed by atoms with van der Waals surface area (Å²) in [4.78, 5) is 39.0. The second-order valence-electron chi connectivity index (χ2n) is 7.35. The van der Waals surface area contributed by atoms with Crippen molar-refractivity contribution < 1.29 is 19.1 Å². The van der Waals surface area contributed by atoms with Crippen molar-refractivity contribution in [2.45, 2.75) is 50.0 Å². The van der Waals surface area contributed by atoms with Crippen LogP contribution in [0.25, 0.3) is 0 Å². The van der Waals surface area contributed by atoms with Crippen LogP contribution < -0.4 is 5.32 Å². The van der Waals surface area contributed by atoms with Gasteiger partial charge in [-0.2, -0.15) is 0 Å². The molecular weight excluding hydrogens is 364 g/mol. The highest BCUT2D eigenvalue weighted by atomic mass is 32.2. The Hall–Kier alpha value is -2.02. The van der Waals surface area contributed by atoms with Crippen molar-refractivity contribution in [3.63, 3.8) is 0 Å². The van der Waals surface area contributed by atoms with Crippen LogP contribution in [-0.2, 0) is 14.3 Å². The van der Waals surface area contributed by atoms with E-state index in [-0.39, 0.29) is 24.5 Å². The van der Waals surface area contributed by atoms with Crippen LogP contribution in [0, 0.1) is 5.92 Å². The number of fused-ring (bicyclic) bond motifs is 1. The van der Waals surface area contributed by atoms with Crippen LogP contribution in [0.15, 0.2) is 23.1 Å². The molecule has 7 heteroatoms. The van der Waals surface area contributed by atoms with E-state index in [0.717, 1.165) is 36.5 Å². The van der Waals surface area contributed by atoms with Gasteiger partial charge in [-0.15, -0.1) is 11.8 Å². The molecule has 0 unspecified atom stereocenters. The van der Waals surface area contributed by atoms with Crippen molar-refractivity contribution in [1.82, 2.24) is 4.90 Å². The van der Waals surface area contributed by atoms with Crippen LogP contribution in [0.1, 0.15) is 49.4 Å². The molecule has 2 aliphatic rings. The maximum Gasteiger partial charge on any atom is 0.338 e. The number of nitrogens with zero attached hydrogens (tertiary/aromatic N) is 1. The summed E-state index contributed by atoms with van der Waals surface area (Å²) < 4.78 is 5.22. The van der Waals surface area contributed by atoms with Gasteiger partial charge in [-0.3, -0.25) is 9.59 Å². The van der Waals surface area contributed by atoms with Crippen LogP contribution in [-0.4, -0.2) is 48.1 Å². The number of carbonyl (C=O) groups excluding carboxylic acids is 3. The Bertz CT molecular complexity index is 729. The van der Waals surface area contributed by atoms with Crippen molar-refractivity contribution in [3.8, 4) is 0 Å². The number of rotatable bonds is 4. The Kier molecular flexibility index (Phi) is 6.42. The fourth-order valence-corrected chi connectivity index (χ4v) is 4.43. The average molecular weight is 391 g/mol.